The van der Waals surface area contributed by atoms with Crippen molar-refractivity contribution in [1.82, 2.24) is 15.3 Å². The molecule has 1 aliphatic rings. The topological polar surface area (TPSA) is 59.1 Å². The second-order valence-corrected chi connectivity index (χ2v) is 6.34. The molecule has 1 fully saturated rings. The summed E-state index contributed by atoms with van der Waals surface area (Å²) in [5.41, 5.74) is 2.47. The highest BCUT2D eigenvalue weighted by Gasteiger charge is 2.17. The first-order valence-corrected chi connectivity index (χ1v) is 8.31. The van der Waals surface area contributed by atoms with E-state index in [9.17, 15) is 4.39 Å². The molecule has 25 heavy (non-hydrogen) atoms. The van der Waals surface area contributed by atoms with Crippen LogP contribution in [0.3, 0.4) is 0 Å². The lowest BCUT2D eigenvalue weighted by molar-refractivity contribution is 0.198. The van der Waals surface area contributed by atoms with Crippen molar-refractivity contribution in [3.05, 3.63) is 54.0 Å². The Morgan fingerprint density at radius 1 is 1.28 bits per heavy atom. The first-order valence-electron chi connectivity index (χ1n) is 8.31. The fraction of sp³-hybridized carbons (Fsp3) is 0.263. The van der Waals surface area contributed by atoms with Gasteiger partial charge in [-0.25, -0.2) is 14.4 Å². The largest absolute Gasteiger partial charge is 0.493 e. The highest BCUT2D eigenvalue weighted by atomic mass is 19.1. The number of anilines is 2. The van der Waals surface area contributed by atoms with Gasteiger partial charge in [0.05, 0.1) is 12.1 Å². The van der Waals surface area contributed by atoms with Crippen LogP contribution in [0.2, 0.25) is 0 Å². The molecule has 2 heterocycles. The summed E-state index contributed by atoms with van der Waals surface area (Å²) in [5.74, 6) is 1.54. The molecule has 0 radical (unpaired) electrons. The molecule has 0 atom stereocenters. The van der Waals surface area contributed by atoms with E-state index in [1.54, 1.807) is 18.3 Å². The average Bonchev–Trinajstić information content (AvgIpc) is 2.54. The van der Waals surface area contributed by atoms with Gasteiger partial charge in [-0.1, -0.05) is 6.07 Å². The van der Waals surface area contributed by atoms with Gasteiger partial charge in [-0.05, 0) is 36.8 Å². The zero-order chi connectivity index (χ0) is 17.2. The van der Waals surface area contributed by atoms with E-state index in [1.807, 2.05) is 19.1 Å². The van der Waals surface area contributed by atoms with Crippen LogP contribution in [-0.2, 0) is 0 Å². The summed E-state index contributed by atoms with van der Waals surface area (Å²) in [6, 6.07) is 10.2. The van der Waals surface area contributed by atoms with Crippen LogP contribution in [0.4, 0.5) is 16.0 Å². The van der Waals surface area contributed by atoms with E-state index < -0.39 is 0 Å². The van der Waals surface area contributed by atoms with E-state index >= 15 is 0 Å². The van der Waals surface area contributed by atoms with Crippen molar-refractivity contribution >= 4 is 22.5 Å². The van der Waals surface area contributed by atoms with Crippen molar-refractivity contribution in [1.29, 1.82) is 0 Å². The smallest absolute Gasteiger partial charge is 0.227 e. The lowest BCUT2D eigenvalue weighted by Crippen LogP contribution is -2.45. The third-order valence-electron chi connectivity index (χ3n) is 4.30. The quantitative estimate of drug-likeness (QED) is 0.746. The van der Waals surface area contributed by atoms with E-state index in [1.165, 1.54) is 12.1 Å². The molecule has 0 saturated carbocycles. The van der Waals surface area contributed by atoms with E-state index in [4.69, 9.17) is 4.74 Å². The number of ether oxygens (including phenoxy) is 1. The summed E-state index contributed by atoms with van der Waals surface area (Å²) in [7, 11) is 0. The molecule has 2 aromatic carbocycles. The second kappa shape index (κ2) is 6.64. The summed E-state index contributed by atoms with van der Waals surface area (Å²) < 4.78 is 19.3. The zero-order valence-electron chi connectivity index (χ0n) is 13.9. The maximum absolute atomic E-state index is 13.3. The van der Waals surface area contributed by atoms with Gasteiger partial charge in [0.25, 0.3) is 0 Å². The Balaban J connectivity index is 1.58. The Morgan fingerprint density at radius 2 is 2.16 bits per heavy atom. The van der Waals surface area contributed by atoms with Crippen molar-refractivity contribution in [3.8, 4) is 5.75 Å². The number of nitrogens with zero attached hydrogens (tertiary/aromatic N) is 2. The lowest BCUT2D eigenvalue weighted by Gasteiger charge is -2.27. The predicted molar refractivity (Wildman–Crippen MR) is 95.8 cm³/mol. The minimum Gasteiger partial charge on any atom is -0.493 e. The predicted octanol–water partition coefficient (Wildman–Crippen LogP) is 3.42. The Labute approximate surface area is 145 Å². The number of aryl methyl sites for hydroxylation is 1. The van der Waals surface area contributed by atoms with Gasteiger partial charge in [-0.2, -0.15) is 0 Å². The van der Waals surface area contributed by atoms with Crippen LogP contribution in [0.15, 0.2) is 42.6 Å². The first kappa shape index (κ1) is 15.8. The van der Waals surface area contributed by atoms with Crippen molar-refractivity contribution < 1.29 is 9.13 Å². The van der Waals surface area contributed by atoms with Crippen molar-refractivity contribution in [2.75, 3.05) is 25.0 Å². The molecule has 0 aliphatic carbocycles. The number of aromatic nitrogens is 2. The summed E-state index contributed by atoms with van der Waals surface area (Å²) in [6.07, 6.45) is 1.76. The fourth-order valence-corrected chi connectivity index (χ4v) is 2.76. The fourth-order valence-electron chi connectivity index (χ4n) is 2.76. The number of fused-ring (bicyclic) bond motifs is 1. The molecule has 6 heteroatoms. The second-order valence-electron chi connectivity index (χ2n) is 6.34. The molecule has 3 aromatic rings. The van der Waals surface area contributed by atoms with Gasteiger partial charge in [0.15, 0.2) is 0 Å². The van der Waals surface area contributed by atoms with E-state index in [0.717, 1.165) is 35.3 Å². The van der Waals surface area contributed by atoms with Gasteiger partial charge in [0, 0.05) is 42.3 Å². The van der Waals surface area contributed by atoms with Crippen LogP contribution in [0.5, 0.6) is 5.75 Å². The van der Waals surface area contributed by atoms with E-state index in [2.05, 4.69) is 20.6 Å². The van der Waals surface area contributed by atoms with Crippen molar-refractivity contribution in [2.45, 2.75) is 6.92 Å². The molecule has 0 unspecified atom stereocenters. The third kappa shape index (κ3) is 3.53. The number of halogens is 1. The molecular formula is C19H19FN4O. The molecule has 4 rings (SSSR count). The van der Waals surface area contributed by atoms with Gasteiger partial charge in [0.1, 0.15) is 11.6 Å². The van der Waals surface area contributed by atoms with E-state index in [0.29, 0.717) is 24.2 Å². The number of hydrogen-bond donors (Lipinski definition) is 2. The van der Waals surface area contributed by atoms with Crippen LogP contribution in [0.1, 0.15) is 5.56 Å². The van der Waals surface area contributed by atoms with Crippen LogP contribution >= 0.6 is 0 Å². The maximum atomic E-state index is 13.3. The van der Waals surface area contributed by atoms with Gasteiger partial charge in [-0.3, -0.25) is 0 Å². The molecule has 1 aromatic heterocycles. The molecule has 1 saturated heterocycles. The van der Waals surface area contributed by atoms with Gasteiger partial charge >= 0.3 is 0 Å². The SMILES string of the molecule is Cc1cc2cnc(Nc3cccc(F)c3)nc2cc1OCC1CNC1. The highest BCUT2D eigenvalue weighted by molar-refractivity contribution is 5.81. The van der Waals surface area contributed by atoms with Crippen LogP contribution in [-0.4, -0.2) is 29.7 Å². The molecule has 1 aliphatic heterocycles. The van der Waals surface area contributed by atoms with Gasteiger partial charge < -0.3 is 15.4 Å². The number of benzene rings is 2. The normalized spacial score (nSPS) is 14.3. The zero-order valence-corrected chi connectivity index (χ0v) is 13.9. The minimum absolute atomic E-state index is 0.303. The maximum Gasteiger partial charge on any atom is 0.227 e. The summed E-state index contributed by atoms with van der Waals surface area (Å²) in [5, 5.41) is 7.21. The first-order chi connectivity index (χ1) is 12.2. The van der Waals surface area contributed by atoms with Crippen molar-refractivity contribution in [2.24, 2.45) is 5.92 Å². The Hall–Kier alpha value is -2.73. The minimum atomic E-state index is -0.303. The Bertz CT molecular complexity index is 911. The third-order valence-corrected chi connectivity index (χ3v) is 4.30. The standard InChI is InChI=1S/C19H19FN4O/c1-12-5-14-10-22-19(23-16-4-2-3-15(20)6-16)24-17(14)7-18(12)25-11-13-8-21-9-13/h2-7,10,13,21H,8-9,11H2,1H3,(H,22,23,24). The molecule has 0 bridgehead atoms. The molecule has 2 N–H and O–H groups in total. The summed E-state index contributed by atoms with van der Waals surface area (Å²) >= 11 is 0. The lowest BCUT2D eigenvalue weighted by atomic mass is 10.1. The summed E-state index contributed by atoms with van der Waals surface area (Å²) in [4.78, 5) is 8.83. The molecular weight excluding hydrogens is 319 g/mol. The highest BCUT2D eigenvalue weighted by Crippen LogP contribution is 2.26. The number of hydrogen-bond acceptors (Lipinski definition) is 5. The van der Waals surface area contributed by atoms with Crippen LogP contribution in [0, 0.1) is 18.7 Å². The molecule has 0 amide bonds. The number of rotatable bonds is 5. The monoisotopic (exact) mass is 338 g/mol. The van der Waals surface area contributed by atoms with Crippen LogP contribution in [0.25, 0.3) is 10.9 Å². The average molecular weight is 338 g/mol. The van der Waals surface area contributed by atoms with Crippen molar-refractivity contribution in [3.63, 3.8) is 0 Å². The summed E-state index contributed by atoms with van der Waals surface area (Å²) in [6.45, 7) is 4.75. The number of nitrogens with one attached hydrogen (secondary N) is 2. The molecule has 0 spiro atoms. The van der Waals surface area contributed by atoms with E-state index in [-0.39, 0.29) is 5.82 Å². The van der Waals surface area contributed by atoms with Gasteiger partial charge in [0.2, 0.25) is 5.95 Å². The Morgan fingerprint density at radius 3 is 2.92 bits per heavy atom. The molecule has 128 valence electrons. The van der Waals surface area contributed by atoms with Crippen LogP contribution < -0.4 is 15.4 Å². The Kier molecular flexibility index (Phi) is 4.19. The molecule has 5 nitrogen and oxygen atoms in total. The van der Waals surface area contributed by atoms with Gasteiger partial charge in [-0.15, -0.1) is 0 Å².